The fraction of sp³-hybridized carbons (Fsp3) is 0.278. The van der Waals surface area contributed by atoms with E-state index in [1.807, 2.05) is 36.4 Å². The Labute approximate surface area is 121 Å². The maximum atomic E-state index is 12.0. The standard InChI is InChI=1S/C18H21NO/c1-19(14-12-16-8-4-2-5-9-16)15-13-18(20)17-10-6-3-7-11-17/h2-11H,12-15H2,1H3. The van der Waals surface area contributed by atoms with Crippen molar-refractivity contribution in [3.63, 3.8) is 0 Å². The zero-order valence-electron chi connectivity index (χ0n) is 12.0. The fourth-order valence-corrected chi connectivity index (χ4v) is 2.14. The van der Waals surface area contributed by atoms with Crippen LogP contribution in [0.2, 0.25) is 0 Å². The Bertz CT molecular complexity index is 522. The summed E-state index contributed by atoms with van der Waals surface area (Å²) in [5, 5.41) is 0. The minimum absolute atomic E-state index is 0.220. The second-order valence-corrected chi connectivity index (χ2v) is 5.08. The van der Waals surface area contributed by atoms with E-state index in [9.17, 15) is 4.79 Å². The van der Waals surface area contributed by atoms with Gasteiger partial charge in [0.05, 0.1) is 0 Å². The first kappa shape index (κ1) is 14.5. The molecule has 0 aliphatic rings. The number of hydrogen-bond acceptors (Lipinski definition) is 2. The first-order valence-electron chi connectivity index (χ1n) is 7.06. The molecule has 0 fully saturated rings. The minimum atomic E-state index is 0.220. The third-order valence-corrected chi connectivity index (χ3v) is 3.44. The zero-order chi connectivity index (χ0) is 14.2. The Kier molecular flexibility index (Phi) is 5.51. The number of carbonyl (C=O) groups excluding carboxylic acids is 1. The number of carbonyl (C=O) groups is 1. The number of likely N-dealkylation sites (N-methyl/N-ethyl adjacent to an activating group) is 1. The van der Waals surface area contributed by atoms with Crippen LogP contribution in [0.3, 0.4) is 0 Å². The normalized spacial score (nSPS) is 10.7. The maximum absolute atomic E-state index is 12.0. The molecule has 0 amide bonds. The summed E-state index contributed by atoms with van der Waals surface area (Å²) in [6.45, 7) is 1.78. The molecule has 104 valence electrons. The highest BCUT2D eigenvalue weighted by atomic mass is 16.1. The molecule has 2 rings (SSSR count). The first-order chi connectivity index (χ1) is 9.75. The molecule has 0 unspecified atom stereocenters. The second-order valence-electron chi connectivity index (χ2n) is 5.08. The predicted octanol–water partition coefficient (Wildman–Crippen LogP) is 3.43. The van der Waals surface area contributed by atoms with Gasteiger partial charge in [0.25, 0.3) is 0 Å². The van der Waals surface area contributed by atoms with E-state index >= 15 is 0 Å². The molecule has 0 spiro atoms. The van der Waals surface area contributed by atoms with Crippen LogP contribution >= 0.6 is 0 Å². The van der Waals surface area contributed by atoms with Crippen LogP contribution in [0.5, 0.6) is 0 Å². The lowest BCUT2D eigenvalue weighted by molar-refractivity contribution is 0.0969. The summed E-state index contributed by atoms with van der Waals surface area (Å²) in [7, 11) is 2.07. The van der Waals surface area contributed by atoms with Gasteiger partial charge in [0, 0.05) is 25.1 Å². The van der Waals surface area contributed by atoms with Crippen molar-refractivity contribution < 1.29 is 4.79 Å². The Morgan fingerprint density at radius 3 is 2.15 bits per heavy atom. The predicted molar refractivity (Wildman–Crippen MR) is 83.0 cm³/mol. The van der Waals surface area contributed by atoms with Crippen molar-refractivity contribution in [2.24, 2.45) is 0 Å². The van der Waals surface area contributed by atoms with E-state index in [0.717, 1.165) is 25.1 Å². The molecule has 2 nitrogen and oxygen atoms in total. The van der Waals surface area contributed by atoms with E-state index < -0.39 is 0 Å². The molecule has 0 atom stereocenters. The lowest BCUT2D eigenvalue weighted by atomic mass is 10.1. The quantitative estimate of drug-likeness (QED) is 0.716. The molecule has 0 bridgehead atoms. The van der Waals surface area contributed by atoms with Gasteiger partial charge in [0.2, 0.25) is 0 Å². The monoisotopic (exact) mass is 267 g/mol. The summed E-state index contributed by atoms with van der Waals surface area (Å²) >= 11 is 0. The lowest BCUT2D eigenvalue weighted by Gasteiger charge is -2.16. The third kappa shape index (κ3) is 4.63. The van der Waals surface area contributed by atoms with Crippen LogP contribution in [-0.2, 0) is 6.42 Å². The van der Waals surface area contributed by atoms with Crippen molar-refractivity contribution >= 4 is 5.78 Å². The van der Waals surface area contributed by atoms with Gasteiger partial charge in [-0.15, -0.1) is 0 Å². The summed E-state index contributed by atoms with van der Waals surface area (Å²) in [6, 6.07) is 20.0. The van der Waals surface area contributed by atoms with Crippen LogP contribution in [0.4, 0.5) is 0 Å². The van der Waals surface area contributed by atoms with Gasteiger partial charge in [-0.05, 0) is 19.0 Å². The van der Waals surface area contributed by atoms with Gasteiger partial charge in [-0.1, -0.05) is 60.7 Å². The zero-order valence-corrected chi connectivity index (χ0v) is 12.0. The molecule has 0 aliphatic carbocycles. The Hall–Kier alpha value is -1.93. The lowest BCUT2D eigenvalue weighted by Crippen LogP contribution is -2.24. The van der Waals surface area contributed by atoms with E-state index in [1.165, 1.54) is 5.56 Å². The molecule has 20 heavy (non-hydrogen) atoms. The smallest absolute Gasteiger partial charge is 0.164 e. The van der Waals surface area contributed by atoms with Crippen LogP contribution in [0, 0.1) is 0 Å². The molecule has 2 heteroatoms. The molecule has 0 heterocycles. The summed E-state index contributed by atoms with van der Waals surface area (Å²) < 4.78 is 0. The van der Waals surface area contributed by atoms with Gasteiger partial charge in [0.15, 0.2) is 5.78 Å². The number of nitrogens with zero attached hydrogens (tertiary/aromatic N) is 1. The summed E-state index contributed by atoms with van der Waals surface area (Å²) in [5.74, 6) is 0.220. The molecule has 0 N–H and O–H groups in total. The Morgan fingerprint density at radius 1 is 0.900 bits per heavy atom. The molecular formula is C18H21NO. The van der Waals surface area contributed by atoms with Crippen molar-refractivity contribution in [1.82, 2.24) is 4.90 Å². The largest absolute Gasteiger partial charge is 0.306 e. The highest BCUT2D eigenvalue weighted by Crippen LogP contribution is 2.05. The number of ketones is 1. The summed E-state index contributed by atoms with van der Waals surface area (Å²) in [5.41, 5.74) is 2.15. The van der Waals surface area contributed by atoms with Gasteiger partial charge in [-0.25, -0.2) is 0 Å². The average Bonchev–Trinajstić information content (AvgIpc) is 2.52. The van der Waals surface area contributed by atoms with Crippen molar-refractivity contribution in [1.29, 1.82) is 0 Å². The summed E-state index contributed by atoms with van der Waals surface area (Å²) in [4.78, 5) is 14.2. The highest BCUT2D eigenvalue weighted by Gasteiger charge is 2.07. The maximum Gasteiger partial charge on any atom is 0.164 e. The highest BCUT2D eigenvalue weighted by molar-refractivity contribution is 5.96. The molecular weight excluding hydrogens is 246 g/mol. The van der Waals surface area contributed by atoms with Crippen LogP contribution < -0.4 is 0 Å². The van der Waals surface area contributed by atoms with Gasteiger partial charge < -0.3 is 4.90 Å². The number of Topliss-reactive ketones (excluding diaryl/α,β-unsaturated/α-hetero) is 1. The van der Waals surface area contributed by atoms with Gasteiger partial charge in [-0.3, -0.25) is 4.79 Å². The molecule has 0 radical (unpaired) electrons. The second kappa shape index (κ2) is 7.61. The van der Waals surface area contributed by atoms with E-state index in [4.69, 9.17) is 0 Å². The minimum Gasteiger partial charge on any atom is -0.306 e. The van der Waals surface area contributed by atoms with Crippen molar-refractivity contribution in [2.45, 2.75) is 12.8 Å². The van der Waals surface area contributed by atoms with Gasteiger partial charge >= 0.3 is 0 Å². The van der Waals surface area contributed by atoms with Gasteiger partial charge in [-0.2, -0.15) is 0 Å². The van der Waals surface area contributed by atoms with Crippen molar-refractivity contribution in [2.75, 3.05) is 20.1 Å². The number of benzene rings is 2. The third-order valence-electron chi connectivity index (χ3n) is 3.44. The number of rotatable bonds is 7. The van der Waals surface area contributed by atoms with Gasteiger partial charge in [0.1, 0.15) is 0 Å². The Morgan fingerprint density at radius 2 is 1.50 bits per heavy atom. The van der Waals surface area contributed by atoms with E-state index in [1.54, 1.807) is 0 Å². The topological polar surface area (TPSA) is 20.3 Å². The van der Waals surface area contributed by atoms with Crippen LogP contribution in [-0.4, -0.2) is 30.8 Å². The molecule has 0 aromatic heterocycles. The van der Waals surface area contributed by atoms with E-state index in [0.29, 0.717) is 6.42 Å². The average molecular weight is 267 g/mol. The van der Waals surface area contributed by atoms with E-state index in [-0.39, 0.29) is 5.78 Å². The Balaban J connectivity index is 1.73. The molecule has 2 aromatic carbocycles. The van der Waals surface area contributed by atoms with Crippen molar-refractivity contribution in [3.8, 4) is 0 Å². The van der Waals surface area contributed by atoms with E-state index in [2.05, 4.69) is 36.2 Å². The number of hydrogen-bond donors (Lipinski definition) is 0. The SMILES string of the molecule is CN(CCC(=O)c1ccccc1)CCc1ccccc1. The first-order valence-corrected chi connectivity index (χ1v) is 7.06. The molecule has 2 aromatic rings. The van der Waals surface area contributed by atoms with Crippen molar-refractivity contribution in [3.05, 3.63) is 71.8 Å². The van der Waals surface area contributed by atoms with Crippen LogP contribution in [0.15, 0.2) is 60.7 Å². The molecule has 0 saturated heterocycles. The summed E-state index contributed by atoms with van der Waals surface area (Å²) in [6.07, 6.45) is 1.60. The van der Waals surface area contributed by atoms with Crippen LogP contribution in [0.1, 0.15) is 22.3 Å². The van der Waals surface area contributed by atoms with Crippen LogP contribution in [0.25, 0.3) is 0 Å². The molecule has 0 saturated carbocycles. The molecule has 0 aliphatic heterocycles. The fourth-order valence-electron chi connectivity index (χ4n) is 2.14.